The van der Waals surface area contributed by atoms with E-state index in [4.69, 9.17) is 14.8 Å². The number of nitrogens with one attached hydrogen (secondary N) is 1. The molecular weight excluding hydrogens is 197 g/mol. The highest BCUT2D eigenvalue weighted by molar-refractivity contribution is 6.41. The zero-order valence-electron chi connectivity index (χ0n) is 8.09. The van der Waals surface area contributed by atoms with Gasteiger partial charge in [-0.25, -0.2) is 0 Å². The first-order chi connectivity index (χ1) is 7.18. The Morgan fingerprint density at radius 3 is 2.60 bits per heavy atom. The zero-order chi connectivity index (χ0) is 11.1. The number of benzene rings is 1. The van der Waals surface area contributed by atoms with E-state index < -0.39 is 13.0 Å². The first-order valence-corrected chi connectivity index (χ1v) is 4.49. The lowest BCUT2D eigenvalue weighted by Crippen LogP contribution is -2.37. The Hall–Kier alpha value is -1.53. The first kappa shape index (κ1) is 11.5. The number of amides is 1. The Labute approximate surface area is 87.8 Å². The Balaban J connectivity index is 2.23. The third kappa shape index (κ3) is 5.04. The Morgan fingerprint density at radius 1 is 1.33 bits per heavy atom. The van der Waals surface area contributed by atoms with Crippen LogP contribution in [-0.2, 0) is 4.79 Å². The van der Waals surface area contributed by atoms with Gasteiger partial charge in [0.05, 0.1) is 6.44 Å². The van der Waals surface area contributed by atoms with Crippen LogP contribution in [-0.4, -0.2) is 36.1 Å². The summed E-state index contributed by atoms with van der Waals surface area (Å²) in [4.78, 5) is 11.1. The lowest BCUT2D eigenvalue weighted by atomic mass is 9.93. The number of carbonyl (C=O) groups is 1. The maximum atomic E-state index is 11.1. The van der Waals surface area contributed by atoms with Crippen LogP contribution >= 0.6 is 0 Å². The van der Waals surface area contributed by atoms with Gasteiger partial charge >= 0.3 is 7.12 Å². The molecule has 1 aromatic carbocycles. The molecule has 0 aliphatic carbocycles. The molecule has 0 atom stereocenters. The summed E-state index contributed by atoms with van der Waals surface area (Å²) in [5.41, 5.74) is 0. The average molecular weight is 209 g/mol. The summed E-state index contributed by atoms with van der Waals surface area (Å²) in [5, 5.41) is 19.3. The number of hydrogen-bond acceptors (Lipinski definition) is 4. The highest BCUT2D eigenvalue weighted by Gasteiger charge is 2.09. The SMILES string of the molecule is O=C(COc1ccccc1)NCB(O)O. The third-order valence-corrected chi connectivity index (χ3v) is 1.59. The first-order valence-electron chi connectivity index (χ1n) is 4.49. The molecule has 1 aromatic rings. The van der Waals surface area contributed by atoms with Crippen molar-refractivity contribution in [3.05, 3.63) is 30.3 Å². The van der Waals surface area contributed by atoms with Gasteiger partial charge in [-0.05, 0) is 12.1 Å². The molecule has 5 nitrogen and oxygen atoms in total. The molecule has 0 aromatic heterocycles. The van der Waals surface area contributed by atoms with E-state index in [1.165, 1.54) is 0 Å². The third-order valence-electron chi connectivity index (χ3n) is 1.59. The van der Waals surface area contributed by atoms with Gasteiger partial charge in [0.25, 0.3) is 5.91 Å². The van der Waals surface area contributed by atoms with Crippen LogP contribution in [0.1, 0.15) is 0 Å². The monoisotopic (exact) mass is 209 g/mol. The van der Waals surface area contributed by atoms with Crippen molar-refractivity contribution in [2.24, 2.45) is 0 Å². The second-order valence-corrected chi connectivity index (χ2v) is 2.89. The average Bonchev–Trinajstić information content (AvgIpc) is 2.25. The fraction of sp³-hybridized carbons (Fsp3) is 0.222. The van der Waals surface area contributed by atoms with Crippen molar-refractivity contribution in [3.63, 3.8) is 0 Å². The van der Waals surface area contributed by atoms with Crippen LogP contribution in [0.4, 0.5) is 0 Å². The molecule has 0 bridgehead atoms. The maximum absolute atomic E-state index is 11.1. The summed E-state index contributed by atoms with van der Waals surface area (Å²) in [6, 6.07) is 8.90. The predicted molar refractivity (Wildman–Crippen MR) is 55.1 cm³/mol. The molecule has 3 N–H and O–H groups in total. The Morgan fingerprint density at radius 2 is 2.00 bits per heavy atom. The molecule has 0 aliphatic heterocycles. The van der Waals surface area contributed by atoms with Gasteiger partial charge in [0.1, 0.15) is 5.75 Å². The van der Waals surface area contributed by atoms with E-state index in [2.05, 4.69) is 5.32 Å². The molecule has 1 rings (SSSR count). The minimum Gasteiger partial charge on any atom is -0.484 e. The van der Waals surface area contributed by atoms with E-state index >= 15 is 0 Å². The van der Waals surface area contributed by atoms with Crippen molar-refractivity contribution in [1.82, 2.24) is 5.32 Å². The smallest absolute Gasteiger partial charge is 0.472 e. The molecule has 1 amide bonds. The Kier molecular flexibility index (Phi) is 4.66. The van der Waals surface area contributed by atoms with Gasteiger partial charge < -0.3 is 20.1 Å². The topological polar surface area (TPSA) is 78.8 Å². The molecule has 0 aliphatic rings. The number of carbonyl (C=O) groups excluding carboxylic acids is 1. The molecular formula is C9H12BNO4. The molecule has 15 heavy (non-hydrogen) atoms. The molecule has 0 unspecified atom stereocenters. The van der Waals surface area contributed by atoms with E-state index in [1.54, 1.807) is 24.3 Å². The Bertz CT molecular complexity index is 304. The molecule has 0 saturated heterocycles. The van der Waals surface area contributed by atoms with Crippen molar-refractivity contribution in [2.75, 3.05) is 13.1 Å². The van der Waals surface area contributed by atoms with E-state index in [0.29, 0.717) is 5.75 Å². The van der Waals surface area contributed by atoms with Crippen molar-refractivity contribution in [3.8, 4) is 5.75 Å². The van der Waals surface area contributed by atoms with E-state index in [9.17, 15) is 4.79 Å². The maximum Gasteiger partial charge on any atom is 0.472 e. The number of rotatable bonds is 5. The van der Waals surface area contributed by atoms with Gasteiger partial charge in [-0.15, -0.1) is 0 Å². The quantitative estimate of drug-likeness (QED) is 0.554. The fourth-order valence-electron chi connectivity index (χ4n) is 0.922. The summed E-state index contributed by atoms with van der Waals surface area (Å²) in [5.74, 6) is 0.198. The molecule has 80 valence electrons. The van der Waals surface area contributed by atoms with Gasteiger partial charge in [-0.2, -0.15) is 0 Å². The van der Waals surface area contributed by atoms with Crippen LogP contribution in [0.2, 0.25) is 0 Å². The minimum absolute atomic E-state index is 0.142. The van der Waals surface area contributed by atoms with Gasteiger partial charge in [0, 0.05) is 0 Å². The second-order valence-electron chi connectivity index (χ2n) is 2.89. The zero-order valence-corrected chi connectivity index (χ0v) is 8.09. The van der Waals surface area contributed by atoms with Gasteiger partial charge in [-0.3, -0.25) is 4.79 Å². The van der Waals surface area contributed by atoms with Crippen LogP contribution in [0, 0.1) is 0 Å². The van der Waals surface area contributed by atoms with E-state index in [0.717, 1.165) is 0 Å². The summed E-state index contributed by atoms with van der Waals surface area (Å²) in [6.07, 6.45) is -0.197. The van der Waals surface area contributed by atoms with Gasteiger partial charge in [0.2, 0.25) is 0 Å². The van der Waals surface area contributed by atoms with Crippen LogP contribution in [0.25, 0.3) is 0 Å². The normalized spacial score (nSPS) is 9.47. The number of ether oxygens (including phenoxy) is 1. The van der Waals surface area contributed by atoms with Crippen LogP contribution in [0.5, 0.6) is 5.75 Å². The highest BCUT2D eigenvalue weighted by Crippen LogP contribution is 2.07. The van der Waals surface area contributed by atoms with Gasteiger partial charge in [-0.1, -0.05) is 18.2 Å². The molecule has 0 saturated carbocycles. The van der Waals surface area contributed by atoms with E-state index in [1.807, 2.05) is 6.07 Å². The molecule has 0 heterocycles. The van der Waals surface area contributed by atoms with Crippen LogP contribution < -0.4 is 10.1 Å². The summed E-state index contributed by atoms with van der Waals surface area (Å²) < 4.78 is 5.12. The highest BCUT2D eigenvalue weighted by atomic mass is 16.5. The number of hydrogen-bond donors (Lipinski definition) is 3. The predicted octanol–water partition coefficient (Wildman–Crippen LogP) is -0.806. The van der Waals surface area contributed by atoms with Crippen molar-refractivity contribution >= 4 is 13.0 Å². The largest absolute Gasteiger partial charge is 0.484 e. The minimum atomic E-state index is -1.54. The fourth-order valence-corrected chi connectivity index (χ4v) is 0.922. The molecule has 6 heteroatoms. The summed E-state index contributed by atoms with van der Waals surface area (Å²) >= 11 is 0. The van der Waals surface area contributed by atoms with E-state index in [-0.39, 0.29) is 13.1 Å². The lowest BCUT2D eigenvalue weighted by molar-refractivity contribution is -0.122. The second kappa shape index (κ2) is 6.05. The number of para-hydroxylation sites is 1. The molecule has 0 spiro atoms. The summed E-state index contributed by atoms with van der Waals surface area (Å²) in [7, 11) is -1.54. The van der Waals surface area contributed by atoms with Crippen molar-refractivity contribution in [1.29, 1.82) is 0 Å². The summed E-state index contributed by atoms with van der Waals surface area (Å²) in [6.45, 7) is -0.142. The van der Waals surface area contributed by atoms with Crippen molar-refractivity contribution < 1.29 is 19.6 Å². The van der Waals surface area contributed by atoms with Gasteiger partial charge in [0.15, 0.2) is 6.61 Å². The lowest BCUT2D eigenvalue weighted by Gasteiger charge is -2.06. The van der Waals surface area contributed by atoms with Crippen LogP contribution in [0.15, 0.2) is 30.3 Å². The molecule has 0 fully saturated rings. The van der Waals surface area contributed by atoms with Crippen LogP contribution in [0.3, 0.4) is 0 Å². The molecule has 0 radical (unpaired) electrons. The van der Waals surface area contributed by atoms with Crippen molar-refractivity contribution in [2.45, 2.75) is 0 Å². The standard InChI is InChI=1S/C9H12BNO4/c12-9(11-7-10(13)14)6-15-8-4-2-1-3-5-8/h1-5,13-14H,6-7H2,(H,11,12).